The number of aromatic nitrogens is 2. The number of benzene rings is 1. The van der Waals surface area contributed by atoms with E-state index in [0.717, 1.165) is 35.5 Å². The van der Waals surface area contributed by atoms with Crippen molar-refractivity contribution in [2.45, 2.75) is 0 Å². The first-order valence-electron chi connectivity index (χ1n) is 7.70. The van der Waals surface area contributed by atoms with Crippen LogP contribution in [0.3, 0.4) is 0 Å². The van der Waals surface area contributed by atoms with Gasteiger partial charge in [-0.15, -0.1) is 0 Å². The standard InChI is InChI=1S/C17H16ClN3O3/c1-23-17(22)12-4-5-21-14-10-11(18)2-3-13(14)19-16(15(12)21)20-6-8-24-9-7-20/h2-5,10H,6-9H2,1H3. The molecule has 0 unspecified atom stereocenters. The zero-order valence-electron chi connectivity index (χ0n) is 13.2. The molecule has 1 aliphatic rings. The van der Waals surface area contributed by atoms with Crippen LogP contribution in [0.1, 0.15) is 10.4 Å². The molecular weight excluding hydrogens is 330 g/mol. The molecule has 0 atom stereocenters. The second kappa shape index (κ2) is 5.96. The van der Waals surface area contributed by atoms with Gasteiger partial charge >= 0.3 is 5.97 Å². The van der Waals surface area contributed by atoms with Gasteiger partial charge in [0.1, 0.15) is 5.52 Å². The van der Waals surface area contributed by atoms with Crippen molar-refractivity contribution in [2.75, 3.05) is 38.3 Å². The Kier molecular flexibility index (Phi) is 3.78. The van der Waals surface area contributed by atoms with Crippen molar-refractivity contribution < 1.29 is 14.3 Å². The quantitative estimate of drug-likeness (QED) is 0.668. The van der Waals surface area contributed by atoms with E-state index in [1.165, 1.54) is 7.11 Å². The summed E-state index contributed by atoms with van der Waals surface area (Å²) >= 11 is 6.14. The van der Waals surface area contributed by atoms with E-state index >= 15 is 0 Å². The number of fused-ring (bicyclic) bond motifs is 3. The van der Waals surface area contributed by atoms with Gasteiger partial charge in [0.05, 0.1) is 36.9 Å². The zero-order valence-corrected chi connectivity index (χ0v) is 13.9. The molecule has 24 heavy (non-hydrogen) atoms. The molecule has 7 heteroatoms. The summed E-state index contributed by atoms with van der Waals surface area (Å²) in [7, 11) is 1.38. The second-order valence-corrected chi connectivity index (χ2v) is 6.04. The molecule has 2 aromatic heterocycles. The average Bonchev–Trinajstić information content (AvgIpc) is 3.06. The summed E-state index contributed by atoms with van der Waals surface area (Å²) < 4.78 is 12.3. The van der Waals surface area contributed by atoms with Crippen LogP contribution in [0, 0.1) is 0 Å². The van der Waals surface area contributed by atoms with Gasteiger partial charge in [0.15, 0.2) is 5.82 Å². The van der Waals surface area contributed by atoms with E-state index in [0.29, 0.717) is 23.8 Å². The maximum Gasteiger partial charge on any atom is 0.340 e. The fourth-order valence-electron chi connectivity index (χ4n) is 3.08. The number of hydrogen-bond donors (Lipinski definition) is 0. The predicted molar refractivity (Wildman–Crippen MR) is 92.1 cm³/mol. The summed E-state index contributed by atoms with van der Waals surface area (Å²) in [4.78, 5) is 19.1. The molecular formula is C17H16ClN3O3. The number of rotatable bonds is 2. The summed E-state index contributed by atoms with van der Waals surface area (Å²) in [5, 5.41) is 0.623. The molecule has 0 N–H and O–H groups in total. The predicted octanol–water partition coefficient (Wildman–Crippen LogP) is 2.76. The summed E-state index contributed by atoms with van der Waals surface area (Å²) in [6, 6.07) is 7.31. The van der Waals surface area contributed by atoms with E-state index in [1.807, 2.05) is 28.8 Å². The van der Waals surface area contributed by atoms with E-state index in [2.05, 4.69) is 4.90 Å². The van der Waals surface area contributed by atoms with Gasteiger partial charge in [0.2, 0.25) is 0 Å². The van der Waals surface area contributed by atoms with Crippen molar-refractivity contribution in [3.05, 3.63) is 41.0 Å². The van der Waals surface area contributed by atoms with E-state index in [4.69, 9.17) is 26.1 Å². The molecule has 0 saturated carbocycles. The number of carbonyl (C=O) groups excluding carboxylic acids is 1. The minimum Gasteiger partial charge on any atom is -0.465 e. The number of nitrogens with zero attached hydrogens (tertiary/aromatic N) is 3. The molecule has 0 spiro atoms. The molecule has 0 amide bonds. The molecule has 6 nitrogen and oxygen atoms in total. The SMILES string of the molecule is COC(=O)c1ccn2c1c(N1CCOCC1)nc1ccc(Cl)cc12. The molecule has 0 aliphatic carbocycles. The zero-order chi connectivity index (χ0) is 16.7. The van der Waals surface area contributed by atoms with Crippen molar-refractivity contribution in [1.29, 1.82) is 0 Å². The maximum atomic E-state index is 12.2. The van der Waals surface area contributed by atoms with Crippen LogP contribution >= 0.6 is 11.6 Å². The highest BCUT2D eigenvalue weighted by Gasteiger charge is 2.23. The van der Waals surface area contributed by atoms with Crippen molar-refractivity contribution in [3.63, 3.8) is 0 Å². The molecule has 4 rings (SSSR count). The Bertz CT molecular complexity index is 932. The third kappa shape index (κ3) is 2.39. The van der Waals surface area contributed by atoms with Crippen molar-refractivity contribution in [3.8, 4) is 0 Å². The van der Waals surface area contributed by atoms with Crippen LogP contribution in [0.2, 0.25) is 5.02 Å². The summed E-state index contributed by atoms with van der Waals surface area (Å²) in [5.74, 6) is 0.383. The van der Waals surface area contributed by atoms with Gasteiger partial charge in [-0.1, -0.05) is 11.6 Å². The minimum absolute atomic E-state index is 0.379. The summed E-state index contributed by atoms with van der Waals surface area (Å²) in [6.07, 6.45) is 1.85. The van der Waals surface area contributed by atoms with Crippen LogP contribution in [0.25, 0.3) is 16.6 Å². The Hall–Kier alpha value is -2.31. The van der Waals surface area contributed by atoms with Gasteiger partial charge < -0.3 is 18.8 Å². The summed E-state index contributed by atoms with van der Waals surface area (Å²) in [5.41, 5.74) is 2.90. The highest BCUT2D eigenvalue weighted by molar-refractivity contribution is 6.31. The second-order valence-electron chi connectivity index (χ2n) is 5.61. The van der Waals surface area contributed by atoms with Crippen LogP contribution < -0.4 is 4.90 Å². The minimum atomic E-state index is -0.379. The third-order valence-corrected chi connectivity index (χ3v) is 4.47. The number of ether oxygens (including phenoxy) is 2. The number of morpholine rings is 1. The number of hydrogen-bond acceptors (Lipinski definition) is 5. The highest BCUT2D eigenvalue weighted by Crippen LogP contribution is 2.30. The van der Waals surface area contributed by atoms with E-state index in [-0.39, 0.29) is 5.97 Å². The first kappa shape index (κ1) is 15.2. The lowest BCUT2D eigenvalue weighted by Gasteiger charge is -2.29. The first-order valence-corrected chi connectivity index (χ1v) is 8.08. The monoisotopic (exact) mass is 345 g/mol. The molecule has 0 radical (unpaired) electrons. The van der Waals surface area contributed by atoms with Crippen LogP contribution in [-0.4, -0.2) is 48.8 Å². The number of esters is 1. The van der Waals surface area contributed by atoms with E-state index in [9.17, 15) is 4.79 Å². The fraction of sp³-hybridized carbons (Fsp3) is 0.294. The average molecular weight is 346 g/mol. The molecule has 1 saturated heterocycles. The lowest BCUT2D eigenvalue weighted by molar-refractivity contribution is 0.0603. The Morgan fingerprint density at radius 2 is 2.08 bits per heavy atom. The van der Waals surface area contributed by atoms with Gasteiger partial charge in [-0.3, -0.25) is 0 Å². The molecule has 3 aromatic rings. The largest absolute Gasteiger partial charge is 0.465 e. The topological polar surface area (TPSA) is 56.1 Å². The van der Waals surface area contributed by atoms with E-state index in [1.54, 1.807) is 6.07 Å². The number of halogens is 1. The summed E-state index contributed by atoms with van der Waals surface area (Å²) in [6.45, 7) is 2.74. The smallest absolute Gasteiger partial charge is 0.340 e. The highest BCUT2D eigenvalue weighted by atomic mass is 35.5. The molecule has 0 bridgehead atoms. The lowest BCUT2D eigenvalue weighted by atomic mass is 10.2. The van der Waals surface area contributed by atoms with E-state index < -0.39 is 0 Å². The Morgan fingerprint density at radius 3 is 2.83 bits per heavy atom. The van der Waals surface area contributed by atoms with Gasteiger partial charge in [0, 0.05) is 24.3 Å². The van der Waals surface area contributed by atoms with Gasteiger partial charge in [-0.2, -0.15) is 0 Å². The molecule has 1 aliphatic heterocycles. The van der Waals surface area contributed by atoms with Gasteiger partial charge in [-0.25, -0.2) is 9.78 Å². The number of anilines is 1. The first-order chi connectivity index (χ1) is 11.7. The number of carbonyl (C=O) groups is 1. The Balaban J connectivity index is 2.04. The lowest BCUT2D eigenvalue weighted by Crippen LogP contribution is -2.37. The van der Waals surface area contributed by atoms with Crippen LogP contribution in [-0.2, 0) is 9.47 Å². The Labute approximate surface area is 143 Å². The van der Waals surface area contributed by atoms with Crippen LogP contribution in [0.15, 0.2) is 30.5 Å². The molecule has 124 valence electrons. The normalized spacial score (nSPS) is 15.2. The third-order valence-electron chi connectivity index (χ3n) is 4.24. The van der Waals surface area contributed by atoms with Crippen LogP contribution in [0.4, 0.5) is 5.82 Å². The maximum absolute atomic E-state index is 12.2. The van der Waals surface area contributed by atoms with Crippen molar-refractivity contribution in [1.82, 2.24) is 9.38 Å². The molecule has 3 heterocycles. The Morgan fingerprint density at radius 1 is 1.29 bits per heavy atom. The van der Waals surface area contributed by atoms with Gasteiger partial charge in [0.25, 0.3) is 0 Å². The van der Waals surface area contributed by atoms with Crippen molar-refractivity contribution >= 4 is 39.9 Å². The fourth-order valence-corrected chi connectivity index (χ4v) is 3.25. The van der Waals surface area contributed by atoms with Crippen LogP contribution in [0.5, 0.6) is 0 Å². The molecule has 1 aromatic carbocycles. The molecule has 1 fully saturated rings. The van der Waals surface area contributed by atoms with Crippen molar-refractivity contribution in [2.24, 2.45) is 0 Å². The number of methoxy groups -OCH3 is 1. The van der Waals surface area contributed by atoms with Gasteiger partial charge in [-0.05, 0) is 24.3 Å².